The van der Waals surface area contributed by atoms with E-state index in [4.69, 9.17) is 4.74 Å². The van der Waals surface area contributed by atoms with Crippen molar-refractivity contribution in [1.82, 2.24) is 10.2 Å². The van der Waals surface area contributed by atoms with Gasteiger partial charge in [0.25, 0.3) is 0 Å². The number of hydrogen-bond acceptors (Lipinski definition) is 3. The lowest BCUT2D eigenvalue weighted by atomic mass is 9.96. The predicted molar refractivity (Wildman–Crippen MR) is 73.4 cm³/mol. The van der Waals surface area contributed by atoms with Gasteiger partial charge in [-0.15, -0.1) is 0 Å². The van der Waals surface area contributed by atoms with E-state index in [0.29, 0.717) is 0 Å². The third-order valence-electron chi connectivity index (χ3n) is 3.85. The summed E-state index contributed by atoms with van der Waals surface area (Å²) in [5.41, 5.74) is 0. The fourth-order valence-electron chi connectivity index (χ4n) is 2.70. The summed E-state index contributed by atoms with van der Waals surface area (Å²) in [6, 6.07) is 0.727. The Kier molecular flexibility index (Phi) is 7.82. The Morgan fingerprint density at radius 1 is 1.29 bits per heavy atom. The molecule has 102 valence electrons. The molecule has 1 N–H and O–H groups in total. The van der Waals surface area contributed by atoms with Gasteiger partial charge in [0.05, 0.1) is 0 Å². The van der Waals surface area contributed by atoms with Gasteiger partial charge < -0.3 is 10.1 Å². The average Bonchev–Trinajstić information content (AvgIpc) is 2.36. The first-order valence-electron chi connectivity index (χ1n) is 7.25. The van der Waals surface area contributed by atoms with Crippen LogP contribution in [0.1, 0.15) is 39.5 Å². The molecule has 0 bridgehead atoms. The van der Waals surface area contributed by atoms with Crippen LogP contribution in [-0.4, -0.2) is 50.8 Å². The van der Waals surface area contributed by atoms with Crippen LogP contribution in [0.25, 0.3) is 0 Å². The molecule has 1 atom stereocenters. The van der Waals surface area contributed by atoms with Gasteiger partial charge in [0.15, 0.2) is 0 Å². The summed E-state index contributed by atoms with van der Waals surface area (Å²) in [5.74, 6) is 0.789. The molecule has 0 aliphatic carbocycles. The highest BCUT2D eigenvalue weighted by Crippen LogP contribution is 2.19. The van der Waals surface area contributed by atoms with Crippen molar-refractivity contribution in [3.63, 3.8) is 0 Å². The standard InChI is InChI=1S/C14H30N2O/c1-4-8-15-11-14(5-2)16-9-6-13(7-10-16)12-17-3/h13-15H,4-12H2,1-3H3. The van der Waals surface area contributed by atoms with E-state index >= 15 is 0 Å². The summed E-state index contributed by atoms with van der Waals surface area (Å²) in [4.78, 5) is 2.66. The second-order valence-corrected chi connectivity index (χ2v) is 5.20. The molecule has 0 saturated carbocycles. The van der Waals surface area contributed by atoms with Gasteiger partial charge in [0, 0.05) is 26.3 Å². The van der Waals surface area contributed by atoms with E-state index in [2.05, 4.69) is 24.1 Å². The van der Waals surface area contributed by atoms with Gasteiger partial charge in [0.2, 0.25) is 0 Å². The Labute approximate surface area is 107 Å². The zero-order chi connectivity index (χ0) is 12.5. The number of hydrogen-bond donors (Lipinski definition) is 1. The van der Waals surface area contributed by atoms with Gasteiger partial charge in [-0.25, -0.2) is 0 Å². The first-order chi connectivity index (χ1) is 8.31. The molecule has 0 aromatic carbocycles. The van der Waals surface area contributed by atoms with Crippen molar-refractivity contribution < 1.29 is 4.74 Å². The lowest BCUT2D eigenvalue weighted by molar-refractivity contribution is 0.0780. The van der Waals surface area contributed by atoms with Gasteiger partial charge in [-0.2, -0.15) is 0 Å². The molecular formula is C14H30N2O. The van der Waals surface area contributed by atoms with E-state index in [-0.39, 0.29) is 0 Å². The molecule has 1 heterocycles. The van der Waals surface area contributed by atoms with Crippen LogP contribution in [0.15, 0.2) is 0 Å². The summed E-state index contributed by atoms with van der Waals surface area (Å²) in [5, 5.41) is 3.55. The Morgan fingerprint density at radius 3 is 2.53 bits per heavy atom. The van der Waals surface area contributed by atoms with Crippen molar-refractivity contribution in [1.29, 1.82) is 0 Å². The molecule has 1 aliphatic rings. The topological polar surface area (TPSA) is 24.5 Å². The number of nitrogens with zero attached hydrogens (tertiary/aromatic N) is 1. The van der Waals surface area contributed by atoms with E-state index in [1.807, 2.05) is 7.11 Å². The average molecular weight is 242 g/mol. The molecule has 1 fully saturated rings. The molecule has 3 nitrogen and oxygen atoms in total. The number of methoxy groups -OCH3 is 1. The Balaban J connectivity index is 2.24. The number of ether oxygens (including phenoxy) is 1. The second kappa shape index (κ2) is 8.90. The molecule has 1 aliphatic heterocycles. The Bertz CT molecular complexity index is 179. The molecule has 0 spiro atoms. The summed E-state index contributed by atoms with van der Waals surface area (Å²) >= 11 is 0. The lowest BCUT2D eigenvalue weighted by Gasteiger charge is -2.37. The summed E-state index contributed by atoms with van der Waals surface area (Å²) in [7, 11) is 1.82. The minimum atomic E-state index is 0.727. The van der Waals surface area contributed by atoms with E-state index in [9.17, 15) is 0 Å². The number of rotatable bonds is 8. The Morgan fingerprint density at radius 2 is 2.00 bits per heavy atom. The normalized spacial score (nSPS) is 20.6. The maximum Gasteiger partial charge on any atom is 0.0491 e. The molecular weight excluding hydrogens is 212 g/mol. The first kappa shape index (κ1) is 14.9. The van der Waals surface area contributed by atoms with Crippen LogP contribution in [0.5, 0.6) is 0 Å². The van der Waals surface area contributed by atoms with Crippen molar-refractivity contribution in [3.8, 4) is 0 Å². The van der Waals surface area contributed by atoms with Crippen LogP contribution in [0.3, 0.4) is 0 Å². The van der Waals surface area contributed by atoms with Crippen LogP contribution in [0.4, 0.5) is 0 Å². The quantitative estimate of drug-likeness (QED) is 0.660. The van der Waals surface area contributed by atoms with E-state index in [1.165, 1.54) is 38.8 Å². The number of piperidine rings is 1. The van der Waals surface area contributed by atoms with Crippen LogP contribution in [0.2, 0.25) is 0 Å². The van der Waals surface area contributed by atoms with Gasteiger partial charge >= 0.3 is 0 Å². The SMILES string of the molecule is CCCNCC(CC)N1CCC(COC)CC1. The van der Waals surface area contributed by atoms with E-state index in [0.717, 1.165) is 31.7 Å². The molecule has 1 saturated heterocycles. The molecule has 0 aromatic rings. The summed E-state index contributed by atoms with van der Waals surface area (Å²) in [6.07, 6.45) is 5.09. The minimum Gasteiger partial charge on any atom is -0.384 e. The third kappa shape index (κ3) is 5.36. The molecule has 3 heteroatoms. The van der Waals surface area contributed by atoms with Crippen LogP contribution in [-0.2, 0) is 4.74 Å². The van der Waals surface area contributed by atoms with E-state index < -0.39 is 0 Å². The highest BCUT2D eigenvalue weighted by Gasteiger charge is 2.23. The fourth-order valence-corrected chi connectivity index (χ4v) is 2.70. The van der Waals surface area contributed by atoms with Crippen molar-refractivity contribution in [2.24, 2.45) is 5.92 Å². The first-order valence-corrected chi connectivity index (χ1v) is 7.25. The number of likely N-dealkylation sites (tertiary alicyclic amines) is 1. The van der Waals surface area contributed by atoms with Crippen molar-refractivity contribution in [2.45, 2.75) is 45.6 Å². The fraction of sp³-hybridized carbons (Fsp3) is 1.00. The van der Waals surface area contributed by atoms with Gasteiger partial charge in [-0.3, -0.25) is 4.90 Å². The molecule has 0 aromatic heterocycles. The van der Waals surface area contributed by atoms with Crippen LogP contribution in [0, 0.1) is 5.92 Å². The number of nitrogens with one attached hydrogen (secondary N) is 1. The summed E-state index contributed by atoms with van der Waals surface area (Å²) < 4.78 is 5.25. The van der Waals surface area contributed by atoms with Crippen molar-refractivity contribution in [3.05, 3.63) is 0 Å². The van der Waals surface area contributed by atoms with Crippen LogP contribution < -0.4 is 5.32 Å². The van der Waals surface area contributed by atoms with Crippen LogP contribution >= 0.6 is 0 Å². The smallest absolute Gasteiger partial charge is 0.0491 e. The molecule has 17 heavy (non-hydrogen) atoms. The largest absolute Gasteiger partial charge is 0.384 e. The molecule has 0 radical (unpaired) electrons. The van der Waals surface area contributed by atoms with E-state index in [1.54, 1.807) is 0 Å². The highest BCUT2D eigenvalue weighted by molar-refractivity contribution is 4.79. The van der Waals surface area contributed by atoms with Crippen molar-refractivity contribution in [2.75, 3.05) is 39.9 Å². The monoisotopic (exact) mass is 242 g/mol. The summed E-state index contributed by atoms with van der Waals surface area (Å²) in [6.45, 7) is 10.3. The third-order valence-corrected chi connectivity index (χ3v) is 3.85. The maximum absolute atomic E-state index is 5.25. The van der Waals surface area contributed by atoms with Gasteiger partial charge in [-0.1, -0.05) is 13.8 Å². The molecule has 0 amide bonds. The van der Waals surface area contributed by atoms with Crippen molar-refractivity contribution >= 4 is 0 Å². The minimum absolute atomic E-state index is 0.727. The second-order valence-electron chi connectivity index (χ2n) is 5.20. The lowest BCUT2D eigenvalue weighted by Crippen LogP contribution is -2.46. The van der Waals surface area contributed by atoms with Gasteiger partial charge in [-0.05, 0) is 51.2 Å². The molecule has 1 rings (SSSR count). The maximum atomic E-state index is 5.25. The zero-order valence-corrected chi connectivity index (χ0v) is 11.9. The Hall–Kier alpha value is -0.120. The zero-order valence-electron chi connectivity index (χ0n) is 11.9. The highest BCUT2D eigenvalue weighted by atomic mass is 16.5. The van der Waals surface area contributed by atoms with Gasteiger partial charge in [0.1, 0.15) is 0 Å². The predicted octanol–water partition coefficient (Wildman–Crippen LogP) is 2.12. The molecule has 1 unspecified atom stereocenters.